The van der Waals surface area contributed by atoms with E-state index >= 15 is 0 Å². The maximum Gasteiger partial charge on any atom is 0.308 e. The maximum absolute atomic E-state index is 13.7. The molecule has 1 saturated heterocycles. The second-order valence-electron chi connectivity index (χ2n) is 9.03. The zero-order valence-electron chi connectivity index (χ0n) is 20.0. The molecule has 1 N–H and O–H groups in total. The number of pyridine rings is 2. The van der Waals surface area contributed by atoms with Crippen LogP contribution in [-0.4, -0.2) is 58.4 Å². The van der Waals surface area contributed by atoms with Crippen molar-refractivity contribution in [2.45, 2.75) is 37.1 Å². The van der Waals surface area contributed by atoms with E-state index in [1.54, 1.807) is 19.4 Å². The number of carboxylic acid groups (broad SMARTS) is 1. The van der Waals surface area contributed by atoms with E-state index in [4.69, 9.17) is 4.74 Å². The fourth-order valence-electron chi connectivity index (χ4n) is 4.91. The Morgan fingerprint density at radius 3 is 2.91 bits per heavy atom. The number of carbonyl (C=O) groups is 1. The Kier molecular flexibility index (Phi) is 8.93. The van der Waals surface area contributed by atoms with Gasteiger partial charge in [0.15, 0.2) is 5.82 Å². The number of halogens is 1. The molecule has 0 bridgehead atoms. The van der Waals surface area contributed by atoms with Crippen LogP contribution in [0.3, 0.4) is 0 Å². The van der Waals surface area contributed by atoms with Crippen molar-refractivity contribution in [1.82, 2.24) is 14.9 Å². The first-order chi connectivity index (χ1) is 17.0. The summed E-state index contributed by atoms with van der Waals surface area (Å²) < 4.78 is 19.1. The average molecular weight is 498 g/mol. The standard InChI is InChI=1S/C27H32FN3O3S/c1-34-21-8-9-25-22(17-21)19(10-13-29-25)5-2-6-20-11-15-31(18-23(20)27(32)33)14-4-16-35-26-24(28)7-3-12-30-26/h3,7-10,12-13,17,20,23H,2,4-6,11,14-16,18H2,1H3,(H,32,33)/t20-,23+/m1/s1. The van der Waals surface area contributed by atoms with Crippen molar-refractivity contribution < 1.29 is 19.0 Å². The molecule has 4 rings (SSSR count). The van der Waals surface area contributed by atoms with Gasteiger partial charge < -0.3 is 14.7 Å². The molecular formula is C27H32FN3O3S. The van der Waals surface area contributed by atoms with Gasteiger partial charge in [0.05, 0.1) is 18.5 Å². The highest BCUT2D eigenvalue weighted by Crippen LogP contribution is 2.30. The van der Waals surface area contributed by atoms with Crippen molar-refractivity contribution in [3.63, 3.8) is 0 Å². The van der Waals surface area contributed by atoms with Crippen LogP contribution in [0, 0.1) is 17.7 Å². The first-order valence-electron chi connectivity index (χ1n) is 12.1. The molecule has 0 radical (unpaired) electrons. The molecule has 0 saturated carbocycles. The van der Waals surface area contributed by atoms with E-state index in [1.165, 1.54) is 23.4 Å². The van der Waals surface area contributed by atoms with Crippen molar-refractivity contribution in [1.29, 1.82) is 0 Å². The lowest BCUT2D eigenvalue weighted by Gasteiger charge is -2.36. The smallest absolute Gasteiger partial charge is 0.308 e. The monoisotopic (exact) mass is 497 g/mol. The molecule has 0 amide bonds. The first kappa shape index (κ1) is 25.4. The molecule has 3 heterocycles. The second kappa shape index (κ2) is 12.3. The average Bonchev–Trinajstić information content (AvgIpc) is 2.88. The highest BCUT2D eigenvalue weighted by atomic mass is 32.2. The van der Waals surface area contributed by atoms with E-state index in [0.29, 0.717) is 11.6 Å². The Morgan fingerprint density at radius 2 is 2.11 bits per heavy atom. The highest BCUT2D eigenvalue weighted by molar-refractivity contribution is 7.99. The molecule has 1 fully saturated rings. The van der Waals surface area contributed by atoms with E-state index in [-0.39, 0.29) is 17.7 Å². The van der Waals surface area contributed by atoms with Gasteiger partial charge in [-0.25, -0.2) is 9.37 Å². The van der Waals surface area contributed by atoms with Crippen LogP contribution >= 0.6 is 11.8 Å². The van der Waals surface area contributed by atoms with Crippen LogP contribution < -0.4 is 4.74 Å². The number of aryl methyl sites for hydroxylation is 1. The van der Waals surface area contributed by atoms with Gasteiger partial charge in [0.25, 0.3) is 0 Å². The Balaban J connectivity index is 1.26. The number of benzene rings is 1. The molecular weight excluding hydrogens is 465 g/mol. The van der Waals surface area contributed by atoms with Gasteiger partial charge in [-0.05, 0) is 93.1 Å². The minimum atomic E-state index is -0.705. The van der Waals surface area contributed by atoms with Gasteiger partial charge in [0.1, 0.15) is 10.8 Å². The number of fused-ring (bicyclic) bond motifs is 1. The van der Waals surface area contributed by atoms with E-state index in [0.717, 1.165) is 67.6 Å². The van der Waals surface area contributed by atoms with Gasteiger partial charge >= 0.3 is 5.97 Å². The number of piperidine rings is 1. The molecule has 6 nitrogen and oxygen atoms in total. The van der Waals surface area contributed by atoms with Crippen LogP contribution in [0.4, 0.5) is 4.39 Å². The summed E-state index contributed by atoms with van der Waals surface area (Å²) in [7, 11) is 1.66. The quantitative estimate of drug-likeness (QED) is 0.284. The number of nitrogens with zero attached hydrogens (tertiary/aromatic N) is 3. The largest absolute Gasteiger partial charge is 0.497 e. The van der Waals surface area contributed by atoms with Crippen LogP contribution in [0.25, 0.3) is 10.9 Å². The zero-order chi connectivity index (χ0) is 24.6. The number of thioether (sulfide) groups is 1. The maximum atomic E-state index is 13.7. The minimum Gasteiger partial charge on any atom is -0.497 e. The number of methoxy groups -OCH3 is 1. The molecule has 2 atom stereocenters. The number of aromatic nitrogens is 2. The lowest BCUT2D eigenvalue weighted by Crippen LogP contribution is -2.44. The zero-order valence-corrected chi connectivity index (χ0v) is 20.8. The third-order valence-corrected chi connectivity index (χ3v) is 7.87. The summed E-state index contributed by atoms with van der Waals surface area (Å²) in [6.07, 6.45) is 7.93. The molecule has 35 heavy (non-hydrogen) atoms. The lowest BCUT2D eigenvalue weighted by molar-refractivity contribution is -0.146. The molecule has 1 aliphatic rings. The van der Waals surface area contributed by atoms with E-state index in [2.05, 4.69) is 14.9 Å². The molecule has 3 aromatic rings. The van der Waals surface area contributed by atoms with Gasteiger partial charge in [-0.15, -0.1) is 11.8 Å². The van der Waals surface area contributed by atoms with E-state index < -0.39 is 5.97 Å². The molecule has 1 aliphatic heterocycles. The number of rotatable bonds is 11. The van der Waals surface area contributed by atoms with Gasteiger partial charge in [0, 0.05) is 30.1 Å². The number of hydrogen-bond acceptors (Lipinski definition) is 6. The lowest BCUT2D eigenvalue weighted by atomic mass is 9.81. The molecule has 186 valence electrons. The SMILES string of the molecule is COc1ccc2nccc(CCC[C@@H]3CCN(CCCSc4ncccc4F)C[C@@H]3C(=O)O)c2c1. The molecule has 8 heteroatoms. The Morgan fingerprint density at radius 1 is 1.23 bits per heavy atom. The molecule has 0 spiro atoms. The Labute approximate surface area is 209 Å². The first-order valence-corrected chi connectivity index (χ1v) is 13.1. The fraction of sp³-hybridized carbons (Fsp3) is 0.444. The number of ether oxygens (including phenoxy) is 1. The van der Waals surface area contributed by atoms with Crippen molar-refractivity contribution in [2.75, 3.05) is 32.5 Å². The third-order valence-electron chi connectivity index (χ3n) is 6.80. The van der Waals surface area contributed by atoms with Crippen LogP contribution in [0.5, 0.6) is 5.75 Å². The molecule has 0 unspecified atom stereocenters. The minimum absolute atomic E-state index is 0.184. The van der Waals surface area contributed by atoms with Crippen molar-refractivity contribution >= 4 is 28.6 Å². The van der Waals surface area contributed by atoms with Crippen molar-refractivity contribution in [3.05, 3.63) is 60.2 Å². The number of aliphatic carboxylic acids is 1. The Bertz CT molecular complexity index is 1150. The van der Waals surface area contributed by atoms with E-state index in [9.17, 15) is 14.3 Å². The van der Waals surface area contributed by atoms with Crippen LogP contribution in [0.2, 0.25) is 0 Å². The fourth-order valence-corrected chi connectivity index (χ4v) is 5.72. The summed E-state index contributed by atoms with van der Waals surface area (Å²) in [6.45, 7) is 2.31. The van der Waals surface area contributed by atoms with Gasteiger partial charge in [-0.3, -0.25) is 9.78 Å². The summed E-state index contributed by atoms with van der Waals surface area (Å²) in [4.78, 5) is 22.8. The van der Waals surface area contributed by atoms with Crippen LogP contribution in [0.15, 0.2) is 53.8 Å². The van der Waals surface area contributed by atoms with Gasteiger partial charge in [0.2, 0.25) is 0 Å². The summed E-state index contributed by atoms with van der Waals surface area (Å²) in [5, 5.41) is 11.4. The Hall–Kier alpha value is -2.71. The summed E-state index contributed by atoms with van der Waals surface area (Å²) in [5.41, 5.74) is 2.17. The van der Waals surface area contributed by atoms with Gasteiger partial charge in [-0.2, -0.15) is 0 Å². The topological polar surface area (TPSA) is 75.5 Å². The number of carboxylic acids is 1. The highest BCUT2D eigenvalue weighted by Gasteiger charge is 2.33. The summed E-state index contributed by atoms with van der Waals surface area (Å²) in [5.74, 6) is 0.416. The predicted octanol–water partition coefficient (Wildman–Crippen LogP) is 5.31. The second-order valence-corrected chi connectivity index (χ2v) is 10.1. The normalized spacial score (nSPS) is 18.6. The molecule has 2 aromatic heterocycles. The summed E-state index contributed by atoms with van der Waals surface area (Å²) in [6, 6.07) is 11.0. The predicted molar refractivity (Wildman–Crippen MR) is 136 cm³/mol. The third kappa shape index (κ3) is 6.70. The van der Waals surface area contributed by atoms with Crippen molar-refractivity contribution in [2.24, 2.45) is 11.8 Å². The van der Waals surface area contributed by atoms with Gasteiger partial charge in [-0.1, -0.05) is 0 Å². The summed E-state index contributed by atoms with van der Waals surface area (Å²) >= 11 is 1.41. The van der Waals surface area contributed by atoms with Crippen LogP contribution in [-0.2, 0) is 11.2 Å². The molecule has 0 aliphatic carbocycles. The number of hydrogen-bond donors (Lipinski definition) is 1. The number of likely N-dealkylation sites (tertiary alicyclic amines) is 1. The van der Waals surface area contributed by atoms with Crippen LogP contribution in [0.1, 0.15) is 31.2 Å². The van der Waals surface area contributed by atoms with E-state index in [1.807, 2.05) is 30.5 Å². The molecule has 1 aromatic carbocycles. The van der Waals surface area contributed by atoms with Crippen molar-refractivity contribution in [3.8, 4) is 5.75 Å².